The Balaban J connectivity index is 1.82. The van der Waals surface area contributed by atoms with Crippen LogP contribution in [0.4, 0.5) is 5.69 Å². The van der Waals surface area contributed by atoms with Crippen LogP contribution in [0.1, 0.15) is 12.1 Å². The van der Waals surface area contributed by atoms with Gasteiger partial charge < -0.3 is 10.6 Å². The SMILES string of the molecule is O=C(CC(=O)Nc1ccc(Cl)cc1Cl)NCc1ccccn1. The average Bonchev–Trinajstić information content (AvgIpc) is 2.49. The number of nitrogens with one attached hydrogen (secondary N) is 2. The quantitative estimate of drug-likeness (QED) is 0.823. The van der Waals surface area contributed by atoms with Crippen molar-refractivity contribution >= 4 is 40.7 Å². The summed E-state index contributed by atoms with van der Waals surface area (Å²) in [4.78, 5) is 27.6. The first-order chi connectivity index (χ1) is 10.5. The molecule has 0 unspecified atom stereocenters. The molecular weight excluding hydrogens is 325 g/mol. The van der Waals surface area contributed by atoms with E-state index in [-0.39, 0.29) is 13.0 Å². The van der Waals surface area contributed by atoms with E-state index in [1.165, 1.54) is 6.07 Å². The number of nitrogens with zero attached hydrogens (tertiary/aromatic N) is 1. The van der Waals surface area contributed by atoms with Gasteiger partial charge in [-0.1, -0.05) is 29.3 Å². The minimum Gasteiger partial charge on any atom is -0.350 e. The normalized spacial score (nSPS) is 10.1. The van der Waals surface area contributed by atoms with Gasteiger partial charge in [-0.25, -0.2) is 0 Å². The zero-order valence-electron chi connectivity index (χ0n) is 11.5. The van der Waals surface area contributed by atoms with Crippen molar-refractivity contribution in [3.63, 3.8) is 0 Å². The second kappa shape index (κ2) is 7.77. The first-order valence-corrected chi connectivity index (χ1v) is 7.21. The van der Waals surface area contributed by atoms with E-state index < -0.39 is 11.8 Å². The van der Waals surface area contributed by atoms with Crippen molar-refractivity contribution in [1.82, 2.24) is 10.3 Å². The van der Waals surface area contributed by atoms with Gasteiger partial charge in [0.2, 0.25) is 11.8 Å². The zero-order valence-corrected chi connectivity index (χ0v) is 13.0. The molecule has 2 rings (SSSR count). The summed E-state index contributed by atoms with van der Waals surface area (Å²) < 4.78 is 0. The standard InChI is InChI=1S/C15H13Cl2N3O2/c16-10-4-5-13(12(17)7-10)20-15(22)8-14(21)19-9-11-3-1-2-6-18-11/h1-7H,8-9H2,(H,19,21)(H,20,22). The first kappa shape index (κ1) is 16.3. The maximum absolute atomic E-state index is 11.8. The van der Waals surface area contributed by atoms with Crippen LogP contribution in [-0.4, -0.2) is 16.8 Å². The molecule has 1 heterocycles. The van der Waals surface area contributed by atoms with E-state index in [0.29, 0.717) is 15.7 Å². The van der Waals surface area contributed by atoms with E-state index in [4.69, 9.17) is 23.2 Å². The number of anilines is 1. The summed E-state index contributed by atoms with van der Waals surface area (Å²) in [5.41, 5.74) is 1.13. The molecular formula is C15H13Cl2N3O2. The van der Waals surface area contributed by atoms with E-state index in [2.05, 4.69) is 15.6 Å². The lowest BCUT2D eigenvalue weighted by Gasteiger charge is -2.08. The van der Waals surface area contributed by atoms with E-state index in [1.807, 2.05) is 6.07 Å². The Kier molecular flexibility index (Phi) is 5.75. The van der Waals surface area contributed by atoms with Crippen molar-refractivity contribution in [2.75, 3.05) is 5.32 Å². The van der Waals surface area contributed by atoms with Crippen molar-refractivity contribution in [2.24, 2.45) is 0 Å². The molecule has 0 aliphatic heterocycles. The predicted molar refractivity (Wildman–Crippen MR) is 85.8 cm³/mol. The van der Waals surface area contributed by atoms with Crippen LogP contribution in [0.3, 0.4) is 0 Å². The summed E-state index contributed by atoms with van der Waals surface area (Å²) in [6, 6.07) is 10.1. The van der Waals surface area contributed by atoms with Gasteiger partial charge in [0.15, 0.2) is 0 Å². The molecule has 0 saturated carbocycles. The molecule has 0 aliphatic rings. The monoisotopic (exact) mass is 337 g/mol. The van der Waals surface area contributed by atoms with Gasteiger partial charge >= 0.3 is 0 Å². The topological polar surface area (TPSA) is 71.1 Å². The van der Waals surface area contributed by atoms with Gasteiger partial charge in [-0.3, -0.25) is 14.6 Å². The van der Waals surface area contributed by atoms with Crippen LogP contribution in [-0.2, 0) is 16.1 Å². The summed E-state index contributed by atoms with van der Waals surface area (Å²) in [7, 11) is 0. The Morgan fingerprint density at radius 1 is 1.09 bits per heavy atom. The second-order valence-electron chi connectivity index (χ2n) is 4.45. The first-order valence-electron chi connectivity index (χ1n) is 6.46. The van der Waals surface area contributed by atoms with Crippen LogP contribution < -0.4 is 10.6 Å². The van der Waals surface area contributed by atoms with Crippen molar-refractivity contribution in [1.29, 1.82) is 0 Å². The molecule has 0 spiro atoms. The minimum absolute atomic E-state index is 0.272. The van der Waals surface area contributed by atoms with Gasteiger partial charge in [-0.05, 0) is 30.3 Å². The van der Waals surface area contributed by atoms with Gasteiger partial charge in [-0.2, -0.15) is 0 Å². The molecule has 0 fully saturated rings. The number of carbonyl (C=O) groups is 2. The van der Waals surface area contributed by atoms with Crippen LogP contribution >= 0.6 is 23.2 Å². The number of amides is 2. The van der Waals surface area contributed by atoms with Crippen molar-refractivity contribution in [3.8, 4) is 0 Å². The summed E-state index contributed by atoms with van der Waals surface area (Å²) in [6.45, 7) is 0.272. The van der Waals surface area contributed by atoms with Crippen LogP contribution in [0, 0.1) is 0 Å². The maximum Gasteiger partial charge on any atom is 0.233 e. The molecule has 0 aliphatic carbocycles. The number of halogens is 2. The highest BCUT2D eigenvalue weighted by Gasteiger charge is 2.11. The van der Waals surface area contributed by atoms with Gasteiger partial charge in [0, 0.05) is 11.2 Å². The van der Waals surface area contributed by atoms with E-state index in [0.717, 1.165) is 5.69 Å². The summed E-state index contributed by atoms with van der Waals surface area (Å²) >= 11 is 11.7. The minimum atomic E-state index is -0.456. The molecule has 7 heteroatoms. The lowest BCUT2D eigenvalue weighted by Crippen LogP contribution is -2.28. The Labute approximate surface area is 137 Å². The largest absolute Gasteiger partial charge is 0.350 e. The lowest BCUT2D eigenvalue weighted by atomic mass is 10.3. The molecule has 0 saturated heterocycles. The van der Waals surface area contributed by atoms with Crippen LogP contribution in [0.25, 0.3) is 0 Å². The highest BCUT2D eigenvalue weighted by molar-refractivity contribution is 6.36. The van der Waals surface area contributed by atoms with Crippen LogP contribution in [0.2, 0.25) is 10.0 Å². The van der Waals surface area contributed by atoms with E-state index >= 15 is 0 Å². The van der Waals surface area contributed by atoms with E-state index in [9.17, 15) is 9.59 Å². The lowest BCUT2D eigenvalue weighted by molar-refractivity contribution is -0.126. The molecule has 0 radical (unpaired) electrons. The molecule has 2 aromatic rings. The number of hydrogen-bond acceptors (Lipinski definition) is 3. The highest BCUT2D eigenvalue weighted by Crippen LogP contribution is 2.25. The number of benzene rings is 1. The molecule has 2 N–H and O–H groups in total. The Morgan fingerprint density at radius 3 is 2.59 bits per heavy atom. The molecule has 0 bridgehead atoms. The fourth-order valence-electron chi connectivity index (χ4n) is 1.69. The van der Waals surface area contributed by atoms with Crippen molar-refractivity contribution in [3.05, 3.63) is 58.3 Å². The molecule has 1 aromatic heterocycles. The Morgan fingerprint density at radius 2 is 1.91 bits per heavy atom. The van der Waals surface area contributed by atoms with Gasteiger partial charge in [0.25, 0.3) is 0 Å². The van der Waals surface area contributed by atoms with Crippen molar-refractivity contribution < 1.29 is 9.59 Å². The number of rotatable bonds is 5. The third kappa shape index (κ3) is 5.02. The Bertz CT molecular complexity index is 678. The third-order valence-corrected chi connectivity index (χ3v) is 3.27. The highest BCUT2D eigenvalue weighted by atomic mass is 35.5. The average molecular weight is 338 g/mol. The summed E-state index contributed by atoms with van der Waals surface area (Å²) in [5.74, 6) is -0.851. The van der Waals surface area contributed by atoms with Crippen LogP contribution in [0.15, 0.2) is 42.6 Å². The fraction of sp³-hybridized carbons (Fsp3) is 0.133. The zero-order chi connectivity index (χ0) is 15.9. The van der Waals surface area contributed by atoms with Gasteiger partial charge in [0.05, 0.1) is 22.9 Å². The van der Waals surface area contributed by atoms with E-state index in [1.54, 1.807) is 30.5 Å². The molecule has 0 atom stereocenters. The smallest absolute Gasteiger partial charge is 0.233 e. The summed E-state index contributed by atoms with van der Waals surface area (Å²) in [6.07, 6.45) is 1.34. The number of aromatic nitrogens is 1. The van der Waals surface area contributed by atoms with Gasteiger partial charge in [-0.15, -0.1) is 0 Å². The fourth-order valence-corrected chi connectivity index (χ4v) is 2.14. The number of hydrogen-bond donors (Lipinski definition) is 2. The molecule has 22 heavy (non-hydrogen) atoms. The van der Waals surface area contributed by atoms with Crippen molar-refractivity contribution in [2.45, 2.75) is 13.0 Å². The second-order valence-corrected chi connectivity index (χ2v) is 5.29. The molecule has 5 nitrogen and oxygen atoms in total. The predicted octanol–water partition coefficient (Wildman–Crippen LogP) is 3.03. The number of pyridine rings is 1. The van der Waals surface area contributed by atoms with Gasteiger partial charge in [0.1, 0.15) is 6.42 Å². The molecule has 114 valence electrons. The summed E-state index contributed by atoms with van der Waals surface area (Å²) in [5, 5.41) is 5.97. The third-order valence-electron chi connectivity index (χ3n) is 2.72. The van der Waals surface area contributed by atoms with Crippen LogP contribution in [0.5, 0.6) is 0 Å². The Hall–Kier alpha value is -2.11. The molecule has 1 aromatic carbocycles. The maximum atomic E-state index is 11.8. The molecule has 2 amide bonds. The number of carbonyl (C=O) groups excluding carboxylic acids is 2.